The van der Waals surface area contributed by atoms with Crippen molar-refractivity contribution < 1.29 is 19.4 Å². The van der Waals surface area contributed by atoms with E-state index in [9.17, 15) is 9.59 Å². The van der Waals surface area contributed by atoms with Crippen LogP contribution in [0.2, 0.25) is 0 Å². The molecule has 96 valence electrons. The van der Waals surface area contributed by atoms with Crippen molar-refractivity contribution in [1.82, 2.24) is 0 Å². The third-order valence-corrected chi connectivity index (χ3v) is 2.93. The molecule has 1 heterocycles. The molecule has 5 nitrogen and oxygen atoms in total. The topological polar surface area (TPSA) is 66.8 Å². The lowest BCUT2D eigenvalue weighted by atomic mass is 10.1. The molecule has 0 aromatic heterocycles. The molecule has 0 saturated carbocycles. The number of benzene rings is 1. The largest absolute Gasteiger partial charge is 0.481 e. The minimum Gasteiger partial charge on any atom is -0.481 e. The highest BCUT2D eigenvalue weighted by molar-refractivity contribution is 6.17. The van der Waals surface area contributed by atoms with Gasteiger partial charge < -0.3 is 14.7 Å². The number of nitrogens with zero attached hydrogens (tertiary/aromatic N) is 1. The molecule has 1 saturated heterocycles. The van der Waals surface area contributed by atoms with Gasteiger partial charge in [0.1, 0.15) is 5.75 Å². The third kappa shape index (κ3) is 2.56. The summed E-state index contributed by atoms with van der Waals surface area (Å²) in [4.78, 5) is 24.1. The zero-order chi connectivity index (χ0) is 13.1. The van der Waals surface area contributed by atoms with Crippen molar-refractivity contribution in [2.24, 2.45) is 5.92 Å². The highest BCUT2D eigenvalue weighted by Crippen LogP contribution is 2.28. The fourth-order valence-electron chi connectivity index (χ4n) is 1.93. The predicted molar refractivity (Wildman–Crippen MR) is 65.9 cm³/mol. The van der Waals surface area contributed by atoms with Gasteiger partial charge in [0.15, 0.2) is 6.07 Å². The normalized spacial score (nSPS) is 19.1. The number of hydrogen-bond donors (Lipinski definition) is 1. The van der Waals surface area contributed by atoms with Gasteiger partial charge in [-0.2, -0.15) is 0 Å². The molecule has 1 fully saturated rings. The first kappa shape index (κ1) is 12.7. The van der Waals surface area contributed by atoms with Gasteiger partial charge in [-0.1, -0.05) is 17.7 Å². The SMILES string of the molecule is O=C(O)[C@@H]1CC(=O)N(c2cccc(OCCl)c2)C1. The Kier molecular flexibility index (Phi) is 3.72. The Hall–Kier alpha value is -1.75. The molecule has 1 aromatic rings. The smallest absolute Gasteiger partial charge is 0.308 e. The van der Waals surface area contributed by atoms with Crippen LogP contribution in [-0.4, -0.2) is 29.6 Å². The molecule has 0 aliphatic carbocycles. The average Bonchev–Trinajstić information content (AvgIpc) is 2.72. The molecule has 6 heteroatoms. The quantitative estimate of drug-likeness (QED) is 0.845. The monoisotopic (exact) mass is 269 g/mol. The van der Waals surface area contributed by atoms with Crippen molar-refractivity contribution >= 4 is 29.2 Å². The van der Waals surface area contributed by atoms with Gasteiger partial charge >= 0.3 is 5.97 Å². The Morgan fingerprint density at radius 1 is 1.56 bits per heavy atom. The van der Waals surface area contributed by atoms with E-state index >= 15 is 0 Å². The van der Waals surface area contributed by atoms with Crippen LogP contribution in [-0.2, 0) is 9.59 Å². The van der Waals surface area contributed by atoms with Crippen LogP contribution in [0.5, 0.6) is 5.75 Å². The van der Waals surface area contributed by atoms with Crippen LogP contribution in [0.1, 0.15) is 6.42 Å². The number of hydrogen-bond acceptors (Lipinski definition) is 3. The molecule has 1 aliphatic rings. The second kappa shape index (κ2) is 5.27. The first-order valence-electron chi connectivity index (χ1n) is 5.44. The van der Waals surface area contributed by atoms with E-state index in [-0.39, 0.29) is 24.9 Å². The highest BCUT2D eigenvalue weighted by atomic mass is 35.5. The third-order valence-electron chi connectivity index (χ3n) is 2.82. The minimum absolute atomic E-state index is 0.0230. The predicted octanol–water partition coefficient (Wildman–Crippen LogP) is 1.70. The van der Waals surface area contributed by atoms with Crippen molar-refractivity contribution in [3.8, 4) is 5.75 Å². The summed E-state index contributed by atoms with van der Waals surface area (Å²) in [6.45, 7) is 0.193. The number of rotatable bonds is 4. The molecule has 1 amide bonds. The lowest BCUT2D eigenvalue weighted by molar-refractivity contribution is -0.141. The number of carbonyl (C=O) groups excluding carboxylic acids is 1. The Morgan fingerprint density at radius 2 is 2.33 bits per heavy atom. The molecule has 1 aliphatic heterocycles. The van der Waals surface area contributed by atoms with Gasteiger partial charge in [0.2, 0.25) is 5.91 Å². The number of amides is 1. The van der Waals surface area contributed by atoms with E-state index < -0.39 is 11.9 Å². The summed E-state index contributed by atoms with van der Waals surface area (Å²) in [6, 6.07) is 6.89. The van der Waals surface area contributed by atoms with E-state index in [1.165, 1.54) is 4.90 Å². The van der Waals surface area contributed by atoms with Gasteiger partial charge in [0, 0.05) is 24.7 Å². The molecule has 1 atom stereocenters. The molecule has 0 bridgehead atoms. The molecular formula is C12H12ClNO4. The lowest BCUT2D eigenvalue weighted by Crippen LogP contribution is -2.25. The number of anilines is 1. The molecule has 18 heavy (non-hydrogen) atoms. The van der Waals surface area contributed by atoms with Crippen LogP contribution in [0.15, 0.2) is 24.3 Å². The summed E-state index contributed by atoms with van der Waals surface area (Å²) in [6.07, 6.45) is 0.0376. The second-order valence-corrected chi connectivity index (χ2v) is 4.21. The van der Waals surface area contributed by atoms with Crippen LogP contribution < -0.4 is 9.64 Å². The van der Waals surface area contributed by atoms with Gasteiger partial charge in [-0.15, -0.1) is 0 Å². The standard InChI is InChI=1S/C12H12ClNO4/c13-7-18-10-3-1-2-9(5-10)14-6-8(12(16)17)4-11(14)15/h1-3,5,8H,4,6-7H2,(H,16,17)/t8-/m1/s1. The zero-order valence-electron chi connectivity index (χ0n) is 9.51. The van der Waals surface area contributed by atoms with Crippen LogP contribution in [0.25, 0.3) is 0 Å². The molecule has 0 spiro atoms. The first-order valence-corrected chi connectivity index (χ1v) is 5.97. The van der Waals surface area contributed by atoms with Crippen LogP contribution in [0.3, 0.4) is 0 Å². The fourth-order valence-corrected chi connectivity index (χ4v) is 2.05. The Bertz CT molecular complexity index is 477. The summed E-state index contributed by atoms with van der Waals surface area (Å²) >= 11 is 5.46. The van der Waals surface area contributed by atoms with Gasteiger partial charge in [-0.05, 0) is 12.1 Å². The maximum absolute atomic E-state index is 11.8. The molecule has 2 rings (SSSR count). The summed E-state index contributed by atoms with van der Waals surface area (Å²) in [5.41, 5.74) is 0.631. The lowest BCUT2D eigenvalue weighted by Gasteiger charge is -2.16. The van der Waals surface area contributed by atoms with E-state index in [1.807, 2.05) is 0 Å². The zero-order valence-corrected chi connectivity index (χ0v) is 10.3. The molecule has 1 aromatic carbocycles. The van der Waals surface area contributed by atoms with E-state index in [0.717, 1.165) is 0 Å². The van der Waals surface area contributed by atoms with E-state index in [2.05, 4.69) is 0 Å². The number of carbonyl (C=O) groups is 2. The fraction of sp³-hybridized carbons (Fsp3) is 0.333. The number of carboxylic acids is 1. The molecule has 0 unspecified atom stereocenters. The Labute approximate surface area is 109 Å². The van der Waals surface area contributed by atoms with Gasteiger partial charge in [0.25, 0.3) is 0 Å². The van der Waals surface area contributed by atoms with Gasteiger partial charge in [0.05, 0.1) is 5.92 Å². The number of alkyl halides is 1. The molecular weight excluding hydrogens is 258 g/mol. The number of ether oxygens (including phenoxy) is 1. The molecule has 0 radical (unpaired) electrons. The van der Waals surface area contributed by atoms with Crippen molar-refractivity contribution in [1.29, 1.82) is 0 Å². The van der Waals surface area contributed by atoms with Crippen molar-refractivity contribution in [2.45, 2.75) is 6.42 Å². The summed E-state index contributed by atoms with van der Waals surface area (Å²) in [5.74, 6) is -1.23. The Morgan fingerprint density at radius 3 is 2.94 bits per heavy atom. The van der Waals surface area contributed by atoms with Gasteiger partial charge in [-0.3, -0.25) is 9.59 Å². The Balaban J connectivity index is 2.19. The number of halogens is 1. The maximum Gasteiger partial charge on any atom is 0.308 e. The maximum atomic E-state index is 11.8. The average molecular weight is 270 g/mol. The summed E-state index contributed by atoms with van der Waals surface area (Å²) < 4.78 is 5.13. The minimum atomic E-state index is -0.945. The summed E-state index contributed by atoms with van der Waals surface area (Å²) in [5, 5.41) is 8.91. The van der Waals surface area contributed by atoms with E-state index in [1.54, 1.807) is 24.3 Å². The van der Waals surface area contributed by atoms with Gasteiger partial charge in [-0.25, -0.2) is 0 Å². The number of aliphatic carboxylic acids is 1. The van der Waals surface area contributed by atoms with E-state index in [0.29, 0.717) is 11.4 Å². The molecule has 1 N–H and O–H groups in total. The number of carboxylic acid groups (broad SMARTS) is 1. The van der Waals surface area contributed by atoms with E-state index in [4.69, 9.17) is 21.4 Å². The summed E-state index contributed by atoms with van der Waals surface area (Å²) in [7, 11) is 0. The van der Waals surface area contributed by atoms with Crippen molar-refractivity contribution in [3.05, 3.63) is 24.3 Å². The highest BCUT2D eigenvalue weighted by Gasteiger charge is 2.35. The van der Waals surface area contributed by atoms with Crippen molar-refractivity contribution in [3.63, 3.8) is 0 Å². The van der Waals surface area contributed by atoms with Crippen LogP contribution >= 0.6 is 11.6 Å². The first-order chi connectivity index (χ1) is 8.61. The second-order valence-electron chi connectivity index (χ2n) is 3.99. The van der Waals surface area contributed by atoms with Crippen LogP contribution in [0.4, 0.5) is 5.69 Å². The van der Waals surface area contributed by atoms with Crippen LogP contribution in [0, 0.1) is 5.92 Å². The van der Waals surface area contributed by atoms with Crippen molar-refractivity contribution in [2.75, 3.05) is 17.5 Å².